The molecule has 1 aromatic carbocycles. The van der Waals surface area contributed by atoms with E-state index in [1.165, 1.54) is 0 Å². The highest BCUT2D eigenvalue weighted by Crippen LogP contribution is 2.12. The first-order chi connectivity index (χ1) is 10.2. The lowest BCUT2D eigenvalue weighted by molar-refractivity contribution is 0.241. The Morgan fingerprint density at radius 2 is 1.95 bits per heavy atom. The van der Waals surface area contributed by atoms with E-state index in [1.807, 2.05) is 30.3 Å². The molecule has 6 heteroatoms. The van der Waals surface area contributed by atoms with E-state index < -0.39 is 0 Å². The number of ether oxygens (including phenoxy) is 1. The van der Waals surface area contributed by atoms with Crippen LogP contribution in [0.25, 0.3) is 0 Å². The van der Waals surface area contributed by atoms with Crippen LogP contribution in [0.5, 0.6) is 5.75 Å². The Morgan fingerprint density at radius 3 is 2.62 bits per heavy atom. The zero-order chi connectivity index (χ0) is 15.1. The van der Waals surface area contributed by atoms with E-state index >= 15 is 0 Å². The van der Waals surface area contributed by atoms with E-state index in [9.17, 15) is 0 Å². The number of para-hydroxylation sites is 1. The molecule has 0 saturated carbocycles. The lowest BCUT2D eigenvalue weighted by atomic mass is 10.2. The van der Waals surface area contributed by atoms with E-state index in [1.54, 1.807) is 0 Å². The summed E-state index contributed by atoms with van der Waals surface area (Å²) in [6.45, 7) is 7.07. The summed E-state index contributed by atoms with van der Waals surface area (Å²) in [4.78, 5) is 6.52. The molecular weight excluding hydrogens is 268 g/mol. The molecule has 0 radical (unpaired) electrons. The lowest BCUT2D eigenvalue weighted by Crippen LogP contribution is -2.32. The minimum atomic E-state index is -0.251. The summed E-state index contributed by atoms with van der Waals surface area (Å²) < 4.78 is 10.7. The number of nitrogens with zero attached hydrogens (tertiary/aromatic N) is 3. The molecule has 2 N–H and O–H groups in total. The molecule has 21 heavy (non-hydrogen) atoms. The fourth-order valence-electron chi connectivity index (χ4n) is 1.98. The molecule has 1 heterocycles. The molecule has 0 fully saturated rings. The van der Waals surface area contributed by atoms with Crippen molar-refractivity contribution in [2.75, 3.05) is 19.6 Å². The molecule has 0 bridgehead atoms. The largest absolute Gasteiger partial charge is 0.484 e. The van der Waals surface area contributed by atoms with E-state index in [-0.39, 0.29) is 12.6 Å². The molecule has 1 atom stereocenters. The Hall–Kier alpha value is -1.92. The standard InChI is InChI=1S/C15H22N4O2/c1-3-19(4-2)10-13(16)15-17-14(21-18-15)11-20-12-8-6-5-7-9-12/h5-9,13H,3-4,10-11,16H2,1-2H3. The van der Waals surface area contributed by atoms with Crippen LogP contribution >= 0.6 is 0 Å². The monoisotopic (exact) mass is 290 g/mol. The van der Waals surface area contributed by atoms with E-state index in [2.05, 4.69) is 28.9 Å². The molecule has 0 saturated heterocycles. The maximum Gasteiger partial charge on any atom is 0.264 e. The van der Waals surface area contributed by atoms with Gasteiger partial charge in [-0.3, -0.25) is 0 Å². The van der Waals surface area contributed by atoms with Gasteiger partial charge in [0, 0.05) is 6.54 Å². The normalized spacial score (nSPS) is 12.6. The lowest BCUT2D eigenvalue weighted by Gasteiger charge is -2.20. The third-order valence-corrected chi connectivity index (χ3v) is 3.27. The Morgan fingerprint density at radius 1 is 1.24 bits per heavy atom. The Labute approximate surface area is 124 Å². The van der Waals surface area contributed by atoms with Gasteiger partial charge in [0.2, 0.25) is 0 Å². The zero-order valence-electron chi connectivity index (χ0n) is 12.5. The average Bonchev–Trinajstić information content (AvgIpc) is 3.00. The van der Waals surface area contributed by atoms with Crippen molar-refractivity contribution in [2.24, 2.45) is 5.73 Å². The van der Waals surface area contributed by atoms with Gasteiger partial charge >= 0.3 is 0 Å². The molecular formula is C15H22N4O2. The third-order valence-electron chi connectivity index (χ3n) is 3.27. The molecule has 2 rings (SSSR count). The van der Waals surface area contributed by atoms with Crippen LogP contribution in [-0.2, 0) is 6.61 Å². The maximum absolute atomic E-state index is 6.10. The molecule has 2 aromatic rings. The number of hydrogen-bond acceptors (Lipinski definition) is 6. The molecule has 0 aliphatic carbocycles. The van der Waals surface area contributed by atoms with Crippen molar-refractivity contribution in [3.63, 3.8) is 0 Å². The summed E-state index contributed by atoms with van der Waals surface area (Å²) in [5.74, 6) is 1.72. The molecule has 1 unspecified atom stereocenters. The highest BCUT2D eigenvalue weighted by atomic mass is 16.5. The highest BCUT2D eigenvalue weighted by molar-refractivity contribution is 5.20. The minimum absolute atomic E-state index is 0.245. The molecule has 0 spiro atoms. The smallest absolute Gasteiger partial charge is 0.264 e. The number of nitrogens with two attached hydrogens (primary N) is 1. The van der Waals surface area contributed by atoms with Gasteiger partial charge in [0.1, 0.15) is 5.75 Å². The first-order valence-electron chi connectivity index (χ1n) is 7.21. The summed E-state index contributed by atoms with van der Waals surface area (Å²) in [5, 5.41) is 3.93. The van der Waals surface area contributed by atoms with Gasteiger partial charge in [-0.05, 0) is 25.2 Å². The van der Waals surface area contributed by atoms with Crippen LogP contribution in [0.3, 0.4) is 0 Å². The van der Waals surface area contributed by atoms with Crippen molar-refractivity contribution in [2.45, 2.75) is 26.5 Å². The summed E-state index contributed by atoms with van der Waals surface area (Å²) in [6, 6.07) is 9.26. The van der Waals surface area contributed by atoms with Crippen LogP contribution < -0.4 is 10.5 Å². The van der Waals surface area contributed by atoms with E-state index in [0.717, 1.165) is 18.8 Å². The number of hydrogen-bond donors (Lipinski definition) is 1. The summed E-state index contributed by atoms with van der Waals surface area (Å²) in [7, 11) is 0. The highest BCUT2D eigenvalue weighted by Gasteiger charge is 2.16. The summed E-state index contributed by atoms with van der Waals surface area (Å²) in [5.41, 5.74) is 6.10. The van der Waals surface area contributed by atoms with Crippen molar-refractivity contribution in [3.8, 4) is 5.75 Å². The first kappa shape index (κ1) is 15.5. The van der Waals surface area contributed by atoms with Crippen LogP contribution in [0.2, 0.25) is 0 Å². The van der Waals surface area contributed by atoms with Crippen LogP contribution in [0.15, 0.2) is 34.9 Å². The fourth-order valence-corrected chi connectivity index (χ4v) is 1.98. The van der Waals surface area contributed by atoms with Gasteiger partial charge in [0.05, 0.1) is 6.04 Å². The van der Waals surface area contributed by atoms with Gasteiger partial charge in [-0.1, -0.05) is 37.2 Å². The first-order valence-corrected chi connectivity index (χ1v) is 7.21. The van der Waals surface area contributed by atoms with Crippen molar-refractivity contribution in [1.82, 2.24) is 15.0 Å². The molecule has 1 aromatic heterocycles. The van der Waals surface area contributed by atoms with Crippen molar-refractivity contribution in [3.05, 3.63) is 42.0 Å². The van der Waals surface area contributed by atoms with Gasteiger partial charge in [0.15, 0.2) is 12.4 Å². The average molecular weight is 290 g/mol. The predicted molar refractivity (Wildman–Crippen MR) is 79.8 cm³/mol. The van der Waals surface area contributed by atoms with Gasteiger partial charge in [-0.2, -0.15) is 4.98 Å². The summed E-state index contributed by atoms with van der Waals surface area (Å²) >= 11 is 0. The number of benzene rings is 1. The van der Waals surface area contributed by atoms with Crippen LogP contribution in [0, 0.1) is 0 Å². The van der Waals surface area contributed by atoms with E-state index in [0.29, 0.717) is 18.3 Å². The maximum atomic E-state index is 6.10. The molecule has 114 valence electrons. The molecule has 0 aliphatic heterocycles. The van der Waals surface area contributed by atoms with Gasteiger partial charge in [-0.25, -0.2) is 0 Å². The van der Waals surface area contributed by atoms with Crippen LogP contribution in [-0.4, -0.2) is 34.7 Å². The number of aromatic nitrogens is 2. The summed E-state index contributed by atoms with van der Waals surface area (Å²) in [6.07, 6.45) is 0. The zero-order valence-corrected chi connectivity index (χ0v) is 12.5. The fraction of sp³-hybridized carbons (Fsp3) is 0.467. The van der Waals surface area contributed by atoms with Crippen LogP contribution in [0.1, 0.15) is 31.6 Å². The van der Waals surface area contributed by atoms with Gasteiger partial charge < -0.3 is 19.9 Å². The van der Waals surface area contributed by atoms with Crippen molar-refractivity contribution >= 4 is 0 Å². The topological polar surface area (TPSA) is 77.4 Å². The molecule has 6 nitrogen and oxygen atoms in total. The SMILES string of the molecule is CCN(CC)CC(N)c1noc(COc2ccccc2)n1. The van der Waals surface area contributed by atoms with E-state index in [4.69, 9.17) is 15.0 Å². The second-order valence-corrected chi connectivity index (χ2v) is 4.74. The van der Waals surface area contributed by atoms with Gasteiger partial charge in [-0.15, -0.1) is 0 Å². The minimum Gasteiger partial charge on any atom is -0.484 e. The quantitative estimate of drug-likeness (QED) is 0.801. The molecule has 0 amide bonds. The van der Waals surface area contributed by atoms with Crippen LogP contribution in [0.4, 0.5) is 0 Å². The predicted octanol–water partition coefficient (Wildman–Crippen LogP) is 1.99. The molecule has 0 aliphatic rings. The number of rotatable bonds is 8. The van der Waals surface area contributed by atoms with Crippen molar-refractivity contribution < 1.29 is 9.26 Å². The Kier molecular flexibility index (Phi) is 5.71. The Bertz CT molecular complexity index is 525. The Balaban J connectivity index is 1.88. The second-order valence-electron chi connectivity index (χ2n) is 4.74. The number of likely N-dealkylation sites (N-methyl/N-ethyl adjacent to an activating group) is 1. The second kappa shape index (κ2) is 7.75. The van der Waals surface area contributed by atoms with Crippen molar-refractivity contribution in [1.29, 1.82) is 0 Å². The third kappa shape index (κ3) is 4.54. The van der Waals surface area contributed by atoms with Gasteiger partial charge in [0.25, 0.3) is 5.89 Å².